The Kier molecular flexibility index (Phi) is 8.95. The fraction of sp³-hybridized carbons (Fsp3) is 0.429. The van der Waals surface area contributed by atoms with E-state index in [1.807, 2.05) is 36.4 Å². The smallest absolute Gasteiger partial charge is 0.175 e. The highest BCUT2D eigenvalue weighted by Gasteiger charge is 2.12. The topological polar surface area (TPSA) is 39.7 Å². The molecule has 5 heteroatoms. The Morgan fingerprint density at radius 1 is 1.08 bits per heavy atom. The molecule has 0 aliphatic heterocycles. The predicted octanol–water partition coefficient (Wildman–Crippen LogP) is 4.94. The Balaban J connectivity index is 1.89. The van der Waals surface area contributed by atoms with Crippen molar-refractivity contribution in [2.45, 2.75) is 39.5 Å². The second-order valence-electron chi connectivity index (χ2n) is 6.33. The predicted molar refractivity (Wildman–Crippen MR) is 109 cm³/mol. The Morgan fingerprint density at radius 2 is 1.85 bits per heavy atom. The van der Waals surface area contributed by atoms with Gasteiger partial charge in [-0.25, -0.2) is 0 Å². The molecule has 0 spiro atoms. The lowest BCUT2D eigenvalue weighted by Gasteiger charge is -2.15. The van der Waals surface area contributed by atoms with Crippen LogP contribution in [0.25, 0.3) is 0 Å². The maximum Gasteiger partial charge on any atom is 0.175 e. The van der Waals surface area contributed by atoms with Crippen LogP contribution < -0.4 is 14.8 Å². The van der Waals surface area contributed by atoms with Gasteiger partial charge in [-0.2, -0.15) is 0 Å². The van der Waals surface area contributed by atoms with Crippen LogP contribution in [0.15, 0.2) is 46.9 Å². The summed E-state index contributed by atoms with van der Waals surface area (Å²) in [5.41, 5.74) is 2.27. The molecule has 0 aromatic heterocycles. The second kappa shape index (κ2) is 11.2. The zero-order valence-electron chi connectivity index (χ0n) is 15.8. The van der Waals surface area contributed by atoms with Crippen molar-refractivity contribution in [1.82, 2.24) is 5.32 Å². The minimum atomic E-state index is 0.290. The van der Waals surface area contributed by atoms with Crippen molar-refractivity contribution >= 4 is 15.9 Å². The molecule has 1 N–H and O–H groups in total. The molecule has 0 atom stereocenters. The lowest BCUT2D eigenvalue weighted by atomic mass is 10.2. The molecule has 0 bridgehead atoms. The fourth-order valence-corrected chi connectivity index (χ4v) is 3.10. The molecular weight excluding hydrogens is 394 g/mol. The molecule has 0 unspecified atom stereocenters. The van der Waals surface area contributed by atoms with E-state index in [-0.39, 0.29) is 0 Å². The Bertz CT molecular complexity index is 662. The standard InChI is InChI=1S/C21H28BrNO3/c1-16(2)25-11-7-10-23-14-18-12-19(22)21(20(13-18)24-3)26-15-17-8-5-4-6-9-17/h4-6,8-9,12-13,16,23H,7,10-11,14-15H2,1-3H3. The Morgan fingerprint density at radius 3 is 2.54 bits per heavy atom. The van der Waals surface area contributed by atoms with Gasteiger partial charge in [-0.15, -0.1) is 0 Å². The summed E-state index contributed by atoms with van der Waals surface area (Å²) in [6.45, 7) is 7.08. The summed E-state index contributed by atoms with van der Waals surface area (Å²) in [4.78, 5) is 0. The minimum absolute atomic E-state index is 0.290. The van der Waals surface area contributed by atoms with E-state index in [4.69, 9.17) is 14.2 Å². The third-order valence-corrected chi connectivity index (χ3v) is 4.38. The number of nitrogens with one attached hydrogen (secondary N) is 1. The van der Waals surface area contributed by atoms with Crippen LogP contribution in [0.3, 0.4) is 0 Å². The highest BCUT2D eigenvalue weighted by molar-refractivity contribution is 9.10. The van der Waals surface area contributed by atoms with E-state index in [2.05, 4.69) is 41.2 Å². The van der Waals surface area contributed by atoms with E-state index in [0.29, 0.717) is 12.7 Å². The van der Waals surface area contributed by atoms with Crippen LogP contribution >= 0.6 is 15.9 Å². The molecule has 0 heterocycles. The van der Waals surface area contributed by atoms with Gasteiger partial charge < -0.3 is 19.5 Å². The first-order valence-electron chi connectivity index (χ1n) is 8.95. The van der Waals surface area contributed by atoms with Crippen LogP contribution in [-0.2, 0) is 17.9 Å². The maximum atomic E-state index is 5.97. The molecule has 2 aromatic rings. The molecule has 0 fully saturated rings. The molecule has 2 rings (SSSR count). The van der Waals surface area contributed by atoms with Gasteiger partial charge >= 0.3 is 0 Å². The van der Waals surface area contributed by atoms with E-state index in [0.717, 1.165) is 53.2 Å². The van der Waals surface area contributed by atoms with Crippen molar-refractivity contribution < 1.29 is 14.2 Å². The molecule has 0 aliphatic rings. The molecule has 4 nitrogen and oxygen atoms in total. The van der Waals surface area contributed by atoms with Crippen LogP contribution in [0, 0.1) is 0 Å². The van der Waals surface area contributed by atoms with Crippen LogP contribution in [0.2, 0.25) is 0 Å². The van der Waals surface area contributed by atoms with Crippen LogP contribution in [0.5, 0.6) is 11.5 Å². The molecule has 0 amide bonds. The summed E-state index contributed by atoms with van der Waals surface area (Å²) >= 11 is 3.61. The summed E-state index contributed by atoms with van der Waals surface area (Å²) in [5, 5.41) is 3.43. The van der Waals surface area contributed by atoms with E-state index in [1.165, 1.54) is 0 Å². The Labute approximate surface area is 165 Å². The van der Waals surface area contributed by atoms with Gasteiger partial charge in [0.15, 0.2) is 11.5 Å². The van der Waals surface area contributed by atoms with Crippen molar-refractivity contribution in [3.63, 3.8) is 0 Å². The van der Waals surface area contributed by atoms with Crippen LogP contribution in [0.4, 0.5) is 0 Å². The molecule has 26 heavy (non-hydrogen) atoms. The van der Waals surface area contributed by atoms with Gasteiger partial charge in [0.2, 0.25) is 0 Å². The number of benzene rings is 2. The lowest BCUT2D eigenvalue weighted by molar-refractivity contribution is 0.0770. The number of methoxy groups -OCH3 is 1. The summed E-state index contributed by atoms with van der Waals surface area (Å²) in [7, 11) is 1.66. The molecule has 142 valence electrons. The van der Waals surface area contributed by atoms with E-state index in [1.54, 1.807) is 7.11 Å². The number of halogens is 1. The van der Waals surface area contributed by atoms with Crippen molar-refractivity contribution in [3.05, 3.63) is 58.1 Å². The zero-order valence-corrected chi connectivity index (χ0v) is 17.3. The van der Waals surface area contributed by atoms with Gasteiger partial charge in [0, 0.05) is 13.2 Å². The first-order valence-corrected chi connectivity index (χ1v) is 9.75. The molecule has 2 aromatic carbocycles. The monoisotopic (exact) mass is 421 g/mol. The number of hydrogen-bond donors (Lipinski definition) is 1. The third kappa shape index (κ3) is 6.98. The molecule has 0 saturated carbocycles. The lowest BCUT2D eigenvalue weighted by Crippen LogP contribution is -2.17. The number of rotatable bonds is 11. The molecule has 0 saturated heterocycles. The fourth-order valence-electron chi connectivity index (χ4n) is 2.49. The second-order valence-corrected chi connectivity index (χ2v) is 7.19. The normalized spacial score (nSPS) is 11.0. The van der Waals surface area contributed by atoms with Gasteiger partial charge in [0.1, 0.15) is 6.61 Å². The van der Waals surface area contributed by atoms with Crippen LogP contribution in [-0.4, -0.2) is 26.4 Å². The first-order chi connectivity index (χ1) is 12.6. The maximum absolute atomic E-state index is 5.97. The van der Waals surface area contributed by atoms with E-state index in [9.17, 15) is 0 Å². The molecular formula is C21H28BrNO3. The Hall–Kier alpha value is -1.56. The summed E-state index contributed by atoms with van der Waals surface area (Å²) in [6, 6.07) is 14.2. The van der Waals surface area contributed by atoms with Gasteiger partial charge in [-0.1, -0.05) is 30.3 Å². The van der Waals surface area contributed by atoms with Crippen molar-refractivity contribution in [2.24, 2.45) is 0 Å². The quantitative estimate of drug-likeness (QED) is 0.521. The van der Waals surface area contributed by atoms with E-state index < -0.39 is 0 Å². The number of ether oxygens (including phenoxy) is 3. The zero-order chi connectivity index (χ0) is 18.8. The van der Waals surface area contributed by atoms with Crippen molar-refractivity contribution in [2.75, 3.05) is 20.3 Å². The summed E-state index contributed by atoms with van der Waals surface area (Å²) in [6.07, 6.45) is 1.29. The summed E-state index contributed by atoms with van der Waals surface area (Å²) < 4.78 is 17.9. The average molecular weight is 422 g/mol. The highest BCUT2D eigenvalue weighted by Crippen LogP contribution is 2.37. The van der Waals surface area contributed by atoms with E-state index >= 15 is 0 Å². The average Bonchev–Trinajstić information content (AvgIpc) is 2.63. The largest absolute Gasteiger partial charge is 0.493 e. The molecule has 0 aliphatic carbocycles. The van der Waals surface area contributed by atoms with Crippen LogP contribution in [0.1, 0.15) is 31.4 Å². The number of hydrogen-bond acceptors (Lipinski definition) is 4. The van der Waals surface area contributed by atoms with Gasteiger partial charge in [0.25, 0.3) is 0 Å². The SMILES string of the molecule is COc1cc(CNCCCOC(C)C)cc(Br)c1OCc1ccccc1. The van der Waals surface area contributed by atoms with Gasteiger partial charge in [-0.3, -0.25) is 0 Å². The minimum Gasteiger partial charge on any atom is -0.493 e. The summed E-state index contributed by atoms with van der Waals surface area (Å²) in [5.74, 6) is 1.46. The van der Waals surface area contributed by atoms with Crippen molar-refractivity contribution in [3.8, 4) is 11.5 Å². The third-order valence-electron chi connectivity index (χ3n) is 3.79. The highest BCUT2D eigenvalue weighted by atomic mass is 79.9. The first kappa shape index (κ1) is 20.7. The molecule has 0 radical (unpaired) electrons. The van der Waals surface area contributed by atoms with Gasteiger partial charge in [-0.05, 0) is 66.0 Å². The van der Waals surface area contributed by atoms with Crippen molar-refractivity contribution in [1.29, 1.82) is 0 Å². The van der Waals surface area contributed by atoms with Gasteiger partial charge in [0.05, 0.1) is 17.7 Å².